The second-order valence-corrected chi connectivity index (χ2v) is 6.36. The van der Waals surface area contributed by atoms with Crippen LogP contribution < -0.4 is 10.2 Å². The molecule has 1 fully saturated rings. The number of nitrogens with one attached hydrogen (secondary N) is 1. The van der Waals surface area contributed by atoms with Gasteiger partial charge in [0.25, 0.3) is 0 Å². The van der Waals surface area contributed by atoms with E-state index in [-0.39, 0.29) is 11.9 Å². The molecule has 21 heavy (non-hydrogen) atoms. The number of rotatable bonds is 3. The van der Waals surface area contributed by atoms with Crippen LogP contribution in [0.3, 0.4) is 0 Å². The first kappa shape index (κ1) is 14.5. The Balaban J connectivity index is 1.67. The smallest absolute Gasteiger partial charge is 0.241 e. The molecule has 0 aromatic heterocycles. The van der Waals surface area contributed by atoms with E-state index in [0.717, 1.165) is 25.2 Å². The molecular formula is C17H25N3O. The average molecular weight is 287 g/mol. The van der Waals surface area contributed by atoms with Gasteiger partial charge in [0.05, 0.1) is 6.54 Å². The molecule has 2 atom stereocenters. The Kier molecular flexibility index (Phi) is 4.27. The van der Waals surface area contributed by atoms with Crippen molar-refractivity contribution in [3.05, 3.63) is 29.8 Å². The molecule has 1 amide bonds. The first-order valence-corrected chi connectivity index (χ1v) is 7.97. The second kappa shape index (κ2) is 6.16. The molecule has 1 N–H and O–H groups in total. The molecule has 2 aliphatic heterocycles. The second-order valence-electron chi connectivity index (χ2n) is 6.36. The van der Waals surface area contributed by atoms with Gasteiger partial charge in [-0.25, -0.2) is 0 Å². The topological polar surface area (TPSA) is 35.6 Å². The summed E-state index contributed by atoms with van der Waals surface area (Å²) in [6.07, 6.45) is 3.35. The van der Waals surface area contributed by atoms with Crippen molar-refractivity contribution in [3.63, 3.8) is 0 Å². The molecule has 4 heteroatoms. The highest BCUT2D eigenvalue weighted by molar-refractivity contribution is 5.97. The molecule has 1 saturated heterocycles. The fourth-order valence-electron chi connectivity index (χ4n) is 3.57. The van der Waals surface area contributed by atoms with E-state index in [0.29, 0.717) is 12.6 Å². The molecule has 0 radical (unpaired) electrons. The van der Waals surface area contributed by atoms with Gasteiger partial charge in [0.2, 0.25) is 5.91 Å². The summed E-state index contributed by atoms with van der Waals surface area (Å²) >= 11 is 0. The maximum absolute atomic E-state index is 12.7. The van der Waals surface area contributed by atoms with Crippen molar-refractivity contribution in [2.45, 2.75) is 38.3 Å². The lowest BCUT2D eigenvalue weighted by molar-refractivity contribution is -0.120. The van der Waals surface area contributed by atoms with Crippen molar-refractivity contribution in [1.29, 1.82) is 0 Å². The lowest BCUT2D eigenvalue weighted by Gasteiger charge is -2.33. The molecule has 1 aromatic rings. The largest absolute Gasteiger partial charge is 0.315 e. The number of benzene rings is 1. The van der Waals surface area contributed by atoms with Crippen LogP contribution in [0.25, 0.3) is 0 Å². The van der Waals surface area contributed by atoms with E-state index in [2.05, 4.69) is 42.4 Å². The summed E-state index contributed by atoms with van der Waals surface area (Å²) < 4.78 is 0. The molecular weight excluding hydrogens is 262 g/mol. The Hall–Kier alpha value is -1.39. The number of likely N-dealkylation sites (N-methyl/N-ethyl adjacent to an activating group) is 1. The van der Waals surface area contributed by atoms with Crippen molar-refractivity contribution < 1.29 is 4.79 Å². The minimum Gasteiger partial charge on any atom is -0.315 e. The lowest BCUT2D eigenvalue weighted by Crippen LogP contribution is -2.49. The Morgan fingerprint density at radius 1 is 1.43 bits per heavy atom. The molecule has 0 bridgehead atoms. The van der Waals surface area contributed by atoms with E-state index >= 15 is 0 Å². The van der Waals surface area contributed by atoms with Gasteiger partial charge < -0.3 is 10.2 Å². The molecule has 0 aliphatic carbocycles. The molecule has 2 aliphatic rings. The van der Waals surface area contributed by atoms with Gasteiger partial charge in [0.15, 0.2) is 0 Å². The standard InChI is InChI=1S/C17H25N3O/c1-13-10-14-6-3-4-8-16(14)20(13)17(21)12-19(2)15-7-5-9-18-11-15/h3-4,6,8,13,15,18H,5,7,9-12H2,1-2H3. The zero-order valence-electron chi connectivity index (χ0n) is 13.0. The van der Waals surface area contributed by atoms with Crippen LogP contribution >= 0.6 is 0 Å². The first-order chi connectivity index (χ1) is 10.2. The highest BCUT2D eigenvalue weighted by Crippen LogP contribution is 2.31. The molecule has 0 saturated carbocycles. The Labute approximate surface area is 127 Å². The number of amides is 1. The highest BCUT2D eigenvalue weighted by atomic mass is 16.2. The normalized spacial score (nSPS) is 25.2. The number of hydrogen-bond donors (Lipinski definition) is 1. The number of carbonyl (C=O) groups is 1. The van der Waals surface area contributed by atoms with Crippen molar-refractivity contribution in [2.24, 2.45) is 0 Å². The zero-order chi connectivity index (χ0) is 14.8. The third-order valence-corrected chi connectivity index (χ3v) is 4.75. The van der Waals surface area contributed by atoms with E-state index < -0.39 is 0 Å². The Morgan fingerprint density at radius 2 is 2.24 bits per heavy atom. The summed E-state index contributed by atoms with van der Waals surface area (Å²) in [4.78, 5) is 16.9. The number of fused-ring (bicyclic) bond motifs is 1. The predicted molar refractivity (Wildman–Crippen MR) is 85.6 cm³/mol. The summed E-state index contributed by atoms with van der Waals surface area (Å²) in [6.45, 7) is 4.75. The lowest BCUT2D eigenvalue weighted by atomic mass is 10.1. The minimum atomic E-state index is 0.223. The van der Waals surface area contributed by atoms with E-state index in [1.807, 2.05) is 11.0 Å². The fraction of sp³-hybridized carbons (Fsp3) is 0.588. The van der Waals surface area contributed by atoms with Gasteiger partial charge in [0, 0.05) is 24.3 Å². The van der Waals surface area contributed by atoms with Crippen LogP contribution in [0.2, 0.25) is 0 Å². The monoisotopic (exact) mass is 287 g/mol. The van der Waals surface area contributed by atoms with Gasteiger partial charge in [0.1, 0.15) is 0 Å². The highest BCUT2D eigenvalue weighted by Gasteiger charge is 2.31. The first-order valence-electron chi connectivity index (χ1n) is 7.97. The van der Waals surface area contributed by atoms with E-state index in [9.17, 15) is 4.79 Å². The summed E-state index contributed by atoms with van der Waals surface area (Å²) in [5.41, 5.74) is 2.39. The number of nitrogens with zero attached hydrogens (tertiary/aromatic N) is 2. The Morgan fingerprint density at radius 3 is 3.00 bits per heavy atom. The van der Waals surface area contributed by atoms with Crippen LogP contribution in [-0.2, 0) is 11.2 Å². The van der Waals surface area contributed by atoms with E-state index in [4.69, 9.17) is 0 Å². The van der Waals surface area contributed by atoms with Crippen molar-refractivity contribution in [2.75, 3.05) is 31.6 Å². The molecule has 1 aromatic carbocycles. The molecule has 2 heterocycles. The quantitative estimate of drug-likeness (QED) is 0.918. The predicted octanol–water partition coefficient (Wildman–Crippen LogP) is 1.65. The van der Waals surface area contributed by atoms with Crippen LogP contribution in [0.4, 0.5) is 5.69 Å². The maximum Gasteiger partial charge on any atom is 0.241 e. The molecule has 2 unspecified atom stereocenters. The molecule has 3 rings (SSSR count). The third kappa shape index (κ3) is 2.97. The van der Waals surface area contributed by atoms with Gasteiger partial charge >= 0.3 is 0 Å². The zero-order valence-corrected chi connectivity index (χ0v) is 13.0. The number of para-hydroxylation sites is 1. The molecule has 114 valence electrons. The van der Waals surface area contributed by atoms with Crippen molar-refractivity contribution in [1.82, 2.24) is 10.2 Å². The van der Waals surface area contributed by atoms with Crippen LogP contribution in [-0.4, -0.2) is 49.6 Å². The van der Waals surface area contributed by atoms with Crippen molar-refractivity contribution >= 4 is 11.6 Å². The number of anilines is 1. The van der Waals surface area contributed by atoms with E-state index in [1.54, 1.807) is 0 Å². The molecule has 0 spiro atoms. The van der Waals surface area contributed by atoms with Crippen LogP contribution in [0.1, 0.15) is 25.3 Å². The van der Waals surface area contributed by atoms with Crippen LogP contribution in [0.5, 0.6) is 0 Å². The third-order valence-electron chi connectivity index (χ3n) is 4.75. The van der Waals surface area contributed by atoms with Gasteiger partial charge in [-0.3, -0.25) is 9.69 Å². The average Bonchev–Trinajstić information content (AvgIpc) is 2.83. The minimum absolute atomic E-state index is 0.223. The summed E-state index contributed by atoms with van der Waals surface area (Å²) in [7, 11) is 2.07. The summed E-state index contributed by atoms with van der Waals surface area (Å²) in [5, 5.41) is 3.42. The molecule has 4 nitrogen and oxygen atoms in total. The van der Waals surface area contributed by atoms with Gasteiger partial charge in [-0.2, -0.15) is 0 Å². The van der Waals surface area contributed by atoms with Crippen LogP contribution in [0.15, 0.2) is 24.3 Å². The van der Waals surface area contributed by atoms with Crippen molar-refractivity contribution in [3.8, 4) is 0 Å². The SMILES string of the molecule is CC1Cc2ccccc2N1C(=O)CN(C)C1CCCNC1. The number of piperidine rings is 1. The fourth-order valence-corrected chi connectivity index (χ4v) is 3.57. The van der Waals surface area contributed by atoms with E-state index in [1.165, 1.54) is 18.4 Å². The maximum atomic E-state index is 12.7. The van der Waals surface area contributed by atoms with Gasteiger partial charge in [-0.05, 0) is 51.4 Å². The summed E-state index contributed by atoms with van der Waals surface area (Å²) in [6, 6.07) is 9.03. The van der Waals surface area contributed by atoms with Gasteiger partial charge in [-0.1, -0.05) is 18.2 Å². The number of carbonyl (C=O) groups excluding carboxylic acids is 1. The van der Waals surface area contributed by atoms with Crippen LogP contribution in [0, 0.1) is 0 Å². The Bertz CT molecular complexity index is 511. The number of hydrogen-bond acceptors (Lipinski definition) is 3. The summed E-state index contributed by atoms with van der Waals surface area (Å²) in [5.74, 6) is 0.223. The van der Waals surface area contributed by atoms with Gasteiger partial charge in [-0.15, -0.1) is 0 Å².